The number of rotatable bonds is 6. The minimum atomic E-state index is -3.52. The molecule has 0 fully saturated rings. The van der Waals surface area contributed by atoms with Crippen molar-refractivity contribution >= 4 is 21.4 Å². The van der Waals surface area contributed by atoms with E-state index in [9.17, 15) is 8.42 Å². The summed E-state index contributed by atoms with van der Waals surface area (Å²) in [5, 5.41) is 10.6. The molecule has 1 aromatic heterocycles. The quantitative estimate of drug-likeness (QED) is 0.889. The van der Waals surface area contributed by atoms with Gasteiger partial charge in [-0.1, -0.05) is 19.1 Å². The van der Waals surface area contributed by atoms with Gasteiger partial charge in [0.05, 0.1) is 17.4 Å². The molecular formula is C15H16N2O2S2. The Morgan fingerprint density at radius 3 is 2.57 bits per heavy atom. The second-order valence-corrected chi connectivity index (χ2v) is 7.29. The van der Waals surface area contributed by atoms with Crippen LogP contribution in [-0.4, -0.2) is 8.42 Å². The molecule has 0 aliphatic rings. The van der Waals surface area contributed by atoms with E-state index in [1.807, 2.05) is 24.4 Å². The Balaban J connectivity index is 2.10. The summed E-state index contributed by atoms with van der Waals surface area (Å²) in [7, 11) is -3.52. The zero-order valence-electron chi connectivity index (χ0n) is 11.7. The van der Waals surface area contributed by atoms with E-state index in [4.69, 9.17) is 5.26 Å². The van der Waals surface area contributed by atoms with Crippen molar-refractivity contribution in [1.82, 2.24) is 4.72 Å². The van der Waals surface area contributed by atoms with Gasteiger partial charge in [-0.15, -0.1) is 11.3 Å². The van der Waals surface area contributed by atoms with E-state index < -0.39 is 10.0 Å². The molecule has 0 unspecified atom stereocenters. The fraction of sp³-hybridized carbons (Fsp3) is 0.267. The number of nitrogens with zero attached hydrogens (tertiary/aromatic N) is 1. The first kappa shape index (κ1) is 15.7. The molecule has 0 saturated carbocycles. The van der Waals surface area contributed by atoms with Gasteiger partial charge in [-0.25, -0.2) is 13.1 Å². The number of hydrogen-bond acceptors (Lipinski definition) is 4. The first-order valence-corrected chi connectivity index (χ1v) is 8.94. The first-order chi connectivity index (χ1) is 10.1. The lowest BCUT2D eigenvalue weighted by molar-refractivity contribution is 0.581. The van der Waals surface area contributed by atoms with E-state index in [-0.39, 0.29) is 11.3 Å². The van der Waals surface area contributed by atoms with Gasteiger partial charge in [0.1, 0.15) is 0 Å². The number of benzene rings is 1. The average molecular weight is 320 g/mol. The predicted octanol–water partition coefficient (Wildman–Crippen LogP) is 2.86. The van der Waals surface area contributed by atoms with E-state index in [0.717, 1.165) is 16.9 Å². The van der Waals surface area contributed by atoms with E-state index in [1.165, 1.54) is 17.7 Å². The van der Waals surface area contributed by atoms with Crippen molar-refractivity contribution in [3.63, 3.8) is 0 Å². The minimum Gasteiger partial charge on any atom is -0.207 e. The maximum Gasteiger partial charge on any atom is 0.240 e. The Kier molecular flexibility index (Phi) is 5.12. The van der Waals surface area contributed by atoms with Crippen molar-refractivity contribution in [2.24, 2.45) is 0 Å². The summed E-state index contributed by atoms with van der Waals surface area (Å²) >= 11 is 1.56. The maximum absolute atomic E-state index is 12.2. The van der Waals surface area contributed by atoms with Crippen LogP contribution in [0.25, 0.3) is 0 Å². The second-order valence-electron chi connectivity index (χ2n) is 4.53. The number of nitriles is 1. The Bertz CT molecular complexity index is 741. The van der Waals surface area contributed by atoms with Crippen LogP contribution in [0.1, 0.15) is 22.9 Å². The summed E-state index contributed by atoms with van der Waals surface area (Å²) in [4.78, 5) is 1.26. The van der Waals surface area contributed by atoms with Gasteiger partial charge < -0.3 is 0 Å². The van der Waals surface area contributed by atoms with Crippen LogP contribution in [0.5, 0.6) is 0 Å². The van der Waals surface area contributed by atoms with Crippen LogP contribution in [0, 0.1) is 11.3 Å². The van der Waals surface area contributed by atoms with Crippen molar-refractivity contribution in [1.29, 1.82) is 5.26 Å². The third kappa shape index (κ3) is 3.91. The maximum atomic E-state index is 12.2. The van der Waals surface area contributed by atoms with Gasteiger partial charge >= 0.3 is 0 Å². The highest BCUT2D eigenvalue weighted by atomic mass is 32.2. The molecule has 0 aliphatic carbocycles. The van der Waals surface area contributed by atoms with Gasteiger partial charge in [0.2, 0.25) is 10.0 Å². The largest absolute Gasteiger partial charge is 0.240 e. The molecule has 21 heavy (non-hydrogen) atoms. The summed E-state index contributed by atoms with van der Waals surface area (Å²) in [6, 6.07) is 10.5. The molecule has 0 bridgehead atoms. The monoisotopic (exact) mass is 320 g/mol. The third-order valence-corrected chi connectivity index (χ3v) is 5.54. The number of nitrogens with one attached hydrogen (secondary N) is 1. The minimum absolute atomic E-state index is 0.221. The molecule has 6 heteroatoms. The number of thiophene rings is 1. The lowest BCUT2D eigenvalue weighted by atomic mass is 10.2. The molecule has 2 aromatic rings. The van der Waals surface area contributed by atoms with E-state index >= 15 is 0 Å². The zero-order chi connectivity index (χ0) is 15.3. The van der Waals surface area contributed by atoms with Gasteiger partial charge in [-0.2, -0.15) is 5.26 Å². The van der Waals surface area contributed by atoms with Gasteiger partial charge in [-0.05, 0) is 41.1 Å². The molecule has 1 N–H and O–H groups in total. The number of sulfonamides is 1. The Morgan fingerprint density at radius 2 is 1.95 bits per heavy atom. The van der Waals surface area contributed by atoms with Crippen LogP contribution in [0.4, 0.5) is 0 Å². The van der Waals surface area contributed by atoms with Crippen molar-refractivity contribution in [2.75, 3.05) is 0 Å². The number of aryl methyl sites for hydroxylation is 1. The molecule has 0 radical (unpaired) electrons. The van der Waals surface area contributed by atoms with E-state index in [1.54, 1.807) is 23.5 Å². The van der Waals surface area contributed by atoms with Gasteiger partial charge in [0.25, 0.3) is 0 Å². The summed E-state index contributed by atoms with van der Waals surface area (Å²) in [5.74, 6) is 0. The Morgan fingerprint density at radius 1 is 1.24 bits per heavy atom. The summed E-state index contributed by atoms with van der Waals surface area (Å²) in [6.45, 7) is 2.36. The molecule has 0 saturated heterocycles. The van der Waals surface area contributed by atoms with E-state index in [2.05, 4.69) is 4.72 Å². The molecule has 0 aliphatic heterocycles. The summed E-state index contributed by atoms with van der Waals surface area (Å²) in [5.41, 5.74) is 1.98. The molecule has 0 spiro atoms. The van der Waals surface area contributed by atoms with Crippen LogP contribution < -0.4 is 4.72 Å². The first-order valence-electron chi connectivity index (χ1n) is 6.57. The number of hydrogen-bond donors (Lipinski definition) is 1. The molecule has 110 valence electrons. The smallest absolute Gasteiger partial charge is 0.207 e. The third-order valence-electron chi connectivity index (χ3n) is 3.16. The van der Waals surface area contributed by atoms with Crippen LogP contribution >= 0.6 is 11.3 Å². The summed E-state index contributed by atoms with van der Waals surface area (Å²) in [6.07, 6.45) is 1.17. The van der Waals surface area contributed by atoms with Crippen molar-refractivity contribution in [2.45, 2.75) is 31.2 Å². The highest BCUT2D eigenvalue weighted by Crippen LogP contribution is 2.18. The van der Waals surface area contributed by atoms with Crippen LogP contribution in [0.15, 0.2) is 40.6 Å². The van der Waals surface area contributed by atoms with E-state index in [0.29, 0.717) is 6.54 Å². The molecule has 0 amide bonds. The molecule has 1 aromatic carbocycles. The molecule has 1 heterocycles. The Labute approximate surface area is 129 Å². The fourth-order valence-corrected chi connectivity index (χ4v) is 3.96. The van der Waals surface area contributed by atoms with Crippen molar-refractivity contribution in [3.05, 3.63) is 51.7 Å². The second kappa shape index (κ2) is 6.85. The highest BCUT2D eigenvalue weighted by molar-refractivity contribution is 7.89. The Hall–Kier alpha value is -1.68. The zero-order valence-corrected chi connectivity index (χ0v) is 13.3. The van der Waals surface area contributed by atoms with Gasteiger partial charge in [0.15, 0.2) is 0 Å². The van der Waals surface area contributed by atoms with Gasteiger partial charge in [-0.3, -0.25) is 0 Å². The standard InChI is InChI=1S/C15H16N2O2S2/c1-2-13-8-10-20-15(13)11-17-21(18,19)14-5-3-12(4-6-14)7-9-16/h3-6,8,10,17H,2,7,11H2,1H3. The molecule has 4 nitrogen and oxygen atoms in total. The van der Waals surface area contributed by atoms with Crippen molar-refractivity contribution < 1.29 is 8.42 Å². The average Bonchev–Trinajstić information content (AvgIpc) is 2.94. The highest BCUT2D eigenvalue weighted by Gasteiger charge is 2.14. The lowest BCUT2D eigenvalue weighted by Crippen LogP contribution is -2.23. The topological polar surface area (TPSA) is 70.0 Å². The molecular weight excluding hydrogens is 304 g/mol. The summed E-state index contributed by atoms with van der Waals surface area (Å²) < 4.78 is 27.1. The normalized spacial score (nSPS) is 11.2. The van der Waals surface area contributed by atoms with Crippen molar-refractivity contribution in [3.8, 4) is 6.07 Å². The lowest BCUT2D eigenvalue weighted by Gasteiger charge is -2.07. The fourth-order valence-electron chi connectivity index (χ4n) is 1.96. The van der Waals surface area contributed by atoms with Crippen LogP contribution in [0.2, 0.25) is 0 Å². The molecule has 2 rings (SSSR count). The SMILES string of the molecule is CCc1ccsc1CNS(=O)(=O)c1ccc(CC#N)cc1. The van der Waals surface area contributed by atoms with Crippen LogP contribution in [0.3, 0.4) is 0 Å². The van der Waals surface area contributed by atoms with Gasteiger partial charge in [0, 0.05) is 11.4 Å². The molecule has 0 atom stereocenters. The predicted molar refractivity (Wildman–Crippen MR) is 83.5 cm³/mol. The van der Waals surface area contributed by atoms with Crippen LogP contribution in [-0.2, 0) is 29.4 Å².